The monoisotopic (exact) mass is 343 g/mol. The van der Waals surface area contributed by atoms with Crippen molar-refractivity contribution in [3.05, 3.63) is 59.7 Å². The smallest absolute Gasteiger partial charge is 0.255 e. The molecule has 0 spiro atoms. The van der Waals surface area contributed by atoms with Crippen LogP contribution in [-0.2, 0) is 4.74 Å². The minimum Gasteiger partial charge on any atom is -0.497 e. The Morgan fingerprint density at radius 2 is 1.84 bits per heavy atom. The molecule has 0 bridgehead atoms. The molecule has 2 rings (SSSR count). The Kier molecular flexibility index (Phi) is 7.29. The van der Waals surface area contributed by atoms with Gasteiger partial charge >= 0.3 is 0 Å². The molecule has 0 aliphatic heterocycles. The van der Waals surface area contributed by atoms with E-state index in [1.54, 1.807) is 25.3 Å². The molecular formula is C20H25NO4. The minimum absolute atomic E-state index is 0.0404. The fraction of sp³-hybridized carbons (Fsp3) is 0.350. The van der Waals surface area contributed by atoms with Crippen molar-refractivity contribution in [2.45, 2.75) is 19.4 Å². The first kappa shape index (κ1) is 18.8. The summed E-state index contributed by atoms with van der Waals surface area (Å²) >= 11 is 0. The number of nitrogens with one attached hydrogen (secondary N) is 1. The molecule has 0 aliphatic rings. The van der Waals surface area contributed by atoms with Gasteiger partial charge in [0.2, 0.25) is 0 Å². The van der Waals surface area contributed by atoms with Crippen molar-refractivity contribution < 1.29 is 19.0 Å². The molecule has 0 saturated carbocycles. The zero-order valence-electron chi connectivity index (χ0n) is 15.0. The summed E-state index contributed by atoms with van der Waals surface area (Å²) in [5, 5.41) is 2.88. The van der Waals surface area contributed by atoms with Gasteiger partial charge in [-0.1, -0.05) is 30.3 Å². The molecule has 5 heteroatoms. The van der Waals surface area contributed by atoms with Crippen LogP contribution in [0.15, 0.2) is 48.5 Å². The molecule has 134 valence electrons. The van der Waals surface area contributed by atoms with Crippen molar-refractivity contribution >= 4 is 5.91 Å². The van der Waals surface area contributed by atoms with Crippen molar-refractivity contribution in [3.8, 4) is 11.5 Å². The van der Waals surface area contributed by atoms with Crippen LogP contribution in [0.25, 0.3) is 0 Å². The predicted molar refractivity (Wildman–Crippen MR) is 97.3 cm³/mol. The van der Waals surface area contributed by atoms with Crippen LogP contribution in [0.2, 0.25) is 0 Å². The number of amides is 1. The Balaban J connectivity index is 1.75. The normalized spacial score (nSPS) is 11.6. The van der Waals surface area contributed by atoms with E-state index < -0.39 is 0 Å². The summed E-state index contributed by atoms with van der Waals surface area (Å²) in [4.78, 5) is 12.3. The van der Waals surface area contributed by atoms with Gasteiger partial charge in [0.05, 0.1) is 25.9 Å². The van der Waals surface area contributed by atoms with Gasteiger partial charge in [-0.05, 0) is 31.0 Å². The van der Waals surface area contributed by atoms with Crippen LogP contribution >= 0.6 is 0 Å². The van der Waals surface area contributed by atoms with Gasteiger partial charge in [0.1, 0.15) is 11.5 Å². The van der Waals surface area contributed by atoms with Gasteiger partial charge in [0.25, 0.3) is 5.91 Å². The maximum Gasteiger partial charge on any atom is 0.255 e. The topological polar surface area (TPSA) is 56.8 Å². The third kappa shape index (κ3) is 5.50. The largest absolute Gasteiger partial charge is 0.497 e. The van der Waals surface area contributed by atoms with E-state index in [4.69, 9.17) is 14.2 Å². The number of ether oxygens (including phenoxy) is 3. The van der Waals surface area contributed by atoms with E-state index in [0.717, 1.165) is 12.0 Å². The van der Waals surface area contributed by atoms with Gasteiger partial charge in [0, 0.05) is 19.2 Å². The van der Waals surface area contributed by atoms with Gasteiger partial charge in [-0.25, -0.2) is 0 Å². The summed E-state index contributed by atoms with van der Waals surface area (Å²) in [6.07, 6.45) is 0.778. The van der Waals surface area contributed by atoms with Gasteiger partial charge in [-0.15, -0.1) is 0 Å². The van der Waals surface area contributed by atoms with E-state index in [1.807, 2.05) is 37.3 Å². The molecule has 0 aromatic heterocycles. The van der Waals surface area contributed by atoms with Crippen LogP contribution in [-0.4, -0.2) is 33.3 Å². The van der Waals surface area contributed by atoms with E-state index in [9.17, 15) is 4.79 Å². The quantitative estimate of drug-likeness (QED) is 0.707. The Morgan fingerprint density at radius 3 is 2.52 bits per heavy atom. The number of methoxy groups -OCH3 is 2. The van der Waals surface area contributed by atoms with E-state index in [0.29, 0.717) is 30.2 Å². The molecule has 5 nitrogen and oxygen atoms in total. The first-order valence-corrected chi connectivity index (χ1v) is 8.32. The minimum atomic E-state index is -0.171. The lowest BCUT2D eigenvalue weighted by Crippen LogP contribution is -2.25. The molecule has 0 saturated heterocycles. The summed E-state index contributed by atoms with van der Waals surface area (Å²) in [6, 6.07) is 15.2. The second kappa shape index (κ2) is 9.69. The average Bonchev–Trinajstić information content (AvgIpc) is 2.67. The zero-order valence-corrected chi connectivity index (χ0v) is 15.0. The molecule has 1 atom stereocenters. The lowest BCUT2D eigenvalue weighted by Gasteiger charge is -2.14. The third-order valence-electron chi connectivity index (χ3n) is 3.90. The molecule has 2 aromatic rings. The predicted octanol–water partition coefficient (Wildman–Crippen LogP) is 3.60. The molecular weight excluding hydrogens is 318 g/mol. The highest BCUT2D eigenvalue weighted by Crippen LogP contribution is 2.24. The van der Waals surface area contributed by atoms with Crippen LogP contribution in [0.3, 0.4) is 0 Å². The lowest BCUT2D eigenvalue weighted by atomic mass is 10.1. The molecule has 1 unspecified atom stereocenters. The van der Waals surface area contributed by atoms with Gasteiger partial charge in [-0.2, -0.15) is 0 Å². The van der Waals surface area contributed by atoms with E-state index in [-0.39, 0.29) is 12.0 Å². The van der Waals surface area contributed by atoms with E-state index >= 15 is 0 Å². The Labute approximate surface area is 148 Å². The van der Waals surface area contributed by atoms with Crippen LogP contribution in [0.4, 0.5) is 0 Å². The van der Waals surface area contributed by atoms with Crippen molar-refractivity contribution in [2.24, 2.45) is 0 Å². The summed E-state index contributed by atoms with van der Waals surface area (Å²) in [6.45, 7) is 3.14. The highest BCUT2D eigenvalue weighted by Gasteiger charge is 2.13. The van der Waals surface area contributed by atoms with Crippen molar-refractivity contribution in [2.75, 3.05) is 27.4 Å². The second-order valence-corrected chi connectivity index (χ2v) is 5.60. The van der Waals surface area contributed by atoms with E-state index in [1.165, 1.54) is 7.11 Å². The number of hydrogen-bond donors (Lipinski definition) is 1. The van der Waals surface area contributed by atoms with Gasteiger partial charge < -0.3 is 19.5 Å². The highest BCUT2D eigenvalue weighted by molar-refractivity contribution is 5.97. The summed E-state index contributed by atoms with van der Waals surface area (Å²) < 4.78 is 16.2. The van der Waals surface area contributed by atoms with Crippen molar-refractivity contribution in [3.63, 3.8) is 0 Å². The fourth-order valence-corrected chi connectivity index (χ4v) is 2.44. The SMILES string of the molecule is COc1ccc(C(=O)NCCCOC(C)c2ccccc2)c(OC)c1. The molecule has 25 heavy (non-hydrogen) atoms. The van der Waals surface area contributed by atoms with Crippen LogP contribution < -0.4 is 14.8 Å². The number of benzene rings is 2. The highest BCUT2D eigenvalue weighted by atomic mass is 16.5. The van der Waals surface area contributed by atoms with Crippen molar-refractivity contribution in [1.29, 1.82) is 0 Å². The molecule has 1 amide bonds. The second-order valence-electron chi connectivity index (χ2n) is 5.60. The number of hydrogen-bond acceptors (Lipinski definition) is 4. The molecule has 0 radical (unpaired) electrons. The molecule has 1 N–H and O–H groups in total. The lowest BCUT2D eigenvalue weighted by molar-refractivity contribution is 0.0635. The number of carbonyl (C=O) groups excluding carboxylic acids is 1. The summed E-state index contributed by atoms with van der Waals surface area (Å²) in [7, 11) is 3.11. The van der Waals surface area contributed by atoms with Crippen LogP contribution in [0.5, 0.6) is 11.5 Å². The standard InChI is InChI=1S/C20H25NO4/c1-15(16-8-5-4-6-9-16)25-13-7-12-21-20(22)18-11-10-17(23-2)14-19(18)24-3/h4-6,8-11,14-15H,7,12-13H2,1-3H3,(H,21,22). The van der Waals surface area contributed by atoms with E-state index in [2.05, 4.69) is 5.32 Å². The molecule has 2 aromatic carbocycles. The Bertz CT molecular complexity index is 673. The summed E-state index contributed by atoms with van der Waals surface area (Å²) in [5.41, 5.74) is 1.64. The van der Waals surface area contributed by atoms with Crippen molar-refractivity contribution in [1.82, 2.24) is 5.32 Å². The van der Waals surface area contributed by atoms with Gasteiger partial charge in [0.15, 0.2) is 0 Å². The van der Waals surface area contributed by atoms with Gasteiger partial charge in [-0.3, -0.25) is 4.79 Å². The molecule has 0 aliphatic carbocycles. The Hall–Kier alpha value is -2.53. The van der Waals surface area contributed by atoms with Crippen LogP contribution in [0, 0.1) is 0 Å². The zero-order chi connectivity index (χ0) is 18.1. The molecule has 0 heterocycles. The number of carbonyl (C=O) groups is 1. The molecule has 0 fully saturated rings. The summed E-state index contributed by atoms with van der Waals surface area (Å²) in [5.74, 6) is 0.970. The maximum atomic E-state index is 12.3. The number of rotatable bonds is 9. The first-order valence-electron chi connectivity index (χ1n) is 8.32. The maximum absolute atomic E-state index is 12.3. The average molecular weight is 343 g/mol. The first-order chi connectivity index (χ1) is 12.2. The fourth-order valence-electron chi connectivity index (χ4n) is 2.44. The Morgan fingerprint density at radius 1 is 1.08 bits per heavy atom. The third-order valence-corrected chi connectivity index (χ3v) is 3.90. The van der Waals surface area contributed by atoms with Crippen LogP contribution in [0.1, 0.15) is 35.4 Å².